The van der Waals surface area contributed by atoms with E-state index < -0.39 is 0 Å². The van der Waals surface area contributed by atoms with Crippen LogP contribution in [0.25, 0.3) is 11.2 Å². The molecule has 0 bridgehead atoms. The van der Waals surface area contributed by atoms with E-state index in [0.717, 1.165) is 41.4 Å². The zero-order valence-corrected chi connectivity index (χ0v) is 15.0. The van der Waals surface area contributed by atoms with E-state index in [2.05, 4.69) is 20.2 Å². The van der Waals surface area contributed by atoms with Gasteiger partial charge >= 0.3 is 0 Å². The molecule has 0 amide bonds. The second kappa shape index (κ2) is 7.17. The Bertz CT molecular complexity index is 887. The predicted octanol–water partition coefficient (Wildman–Crippen LogP) is 1.82. The van der Waals surface area contributed by atoms with E-state index in [1.54, 1.807) is 13.4 Å². The Morgan fingerprint density at radius 1 is 1.15 bits per heavy atom. The quantitative estimate of drug-likeness (QED) is 0.749. The number of hydrogen-bond acceptors (Lipinski definition) is 7. The first-order chi connectivity index (χ1) is 12.7. The van der Waals surface area contributed by atoms with Crippen molar-refractivity contribution < 1.29 is 9.47 Å². The number of benzene rings is 1. The summed E-state index contributed by atoms with van der Waals surface area (Å²) in [5.41, 5.74) is 2.77. The van der Waals surface area contributed by atoms with E-state index in [9.17, 15) is 0 Å². The molecule has 1 aromatic carbocycles. The Morgan fingerprint density at radius 3 is 2.65 bits per heavy atom. The molecule has 0 saturated carbocycles. The van der Waals surface area contributed by atoms with Crippen molar-refractivity contribution in [2.45, 2.75) is 6.54 Å². The zero-order chi connectivity index (χ0) is 17.9. The molecule has 8 nitrogen and oxygen atoms in total. The van der Waals surface area contributed by atoms with Gasteiger partial charge in [-0.05, 0) is 17.7 Å². The third kappa shape index (κ3) is 3.28. The first-order valence-corrected chi connectivity index (χ1v) is 8.63. The van der Waals surface area contributed by atoms with Crippen LogP contribution in [0.4, 0.5) is 11.8 Å². The lowest BCUT2D eigenvalue weighted by atomic mass is 10.2. The molecule has 0 radical (unpaired) electrons. The van der Waals surface area contributed by atoms with Crippen molar-refractivity contribution in [3.63, 3.8) is 0 Å². The summed E-state index contributed by atoms with van der Waals surface area (Å²) in [7, 11) is 3.61. The molecule has 136 valence electrons. The lowest BCUT2D eigenvalue weighted by Gasteiger charge is -2.28. The highest BCUT2D eigenvalue weighted by Crippen LogP contribution is 2.25. The fourth-order valence-electron chi connectivity index (χ4n) is 2.99. The van der Waals surface area contributed by atoms with Crippen LogP contribution < -0.4 is 15.0 Å². The Kier molecular flexibility index (Phi) is 4.57. The molecule has 1 saturated heterocycles. The lowest BCUT2D eigenvalue weighted by Crippen LogP contribution is -2.37. The number of fused-ring (bicyclic) bond motifs is 1. The maximum absolute atomic E-state index is 5.46. The number of rotatable bonds is 5. The lowest BCUT2D eigenvalue weighted by molar-refractivity contribution is 0.122. The topological polar surface area (TPSA) is 77.3 Å². The molecule has 8 heteroatoms. The van der Waals surface area contributed by atoms with Gasteiger partial charge in [-0.2, -0.15) is 9.97 Å². The van der Waals surface area contributed by atoms with Crippen LogP contribution in [0, 0.1) is 0 Å². The number of aryl methyl sites for hydroxylation is 1. The second-order valence-corrected chi connectivity index (χ2v) is 6.20. The zero-order valence-electron chi connectivity index (χ0n) is 15.0. The molecule has 2 aromatic heterocycles. The van der Waals surface area contributed by atoms with Crippen molar-refractivity contribution in [1.82, 2.24) is 19.5 Å². The van der Waals surface area contributed by atoms with Crippen LogP contribution >= 0.6 is 0 Å². The first-order valence-electron chi connectivity index (χ1n) is 8.63. The van der Waals surface area contributed by atoms with Gasteiger partial charge < -0.3 is 24.3 Å². The van der Waals surface area contributed by atoms with Gasteiger partial charge in [-0.1, -0.05) is 12.1 Å². The molecule has 1 aliphatic rings. The maximum Gasteiger partial charge on any atom is 0.227 e. The average Bonchev–Trinajstić information content (AvgIpc) is 3.08. The number of methoxy groups -OCH3 is 1. The van der Waals surface area contributed by atoms with E-state index in [4.69, 9.17) is 14.5 Å². The fraction of sp³-hybridized carbons (Fsp3) is 0.389. The first kappa shape index (κ1) is 16.6. The molecule has 0 unspecified atom stereocenters. The molecule has 3 aromatic rings. The standard InChI is InChI=1S/C18H22N6O2/c1-23-12-20-15-16(23)21-18(22-17(15)24-7-9-26-10-8-24)19-11-13-3-5-14(25-2)6-4-13/h3-6,12H,7-11H2,1-2H3,(H,19,21,22). The highest BCUT2D eigenvalue weighted by atomic mass is 16.5. The number of nitrogens with one attached hydrogen (secondary N) is 1. The van der Waals surface area contributed by atoms with Gasteiger partial charge in [0.05, 0.1) is 26.7 Å². The van der Waals surface area contributed by atoms with Crippen LogP contribution in [-0.4, -0.2) is 52.9 Å². The molecule has 4 rings (SSSR count). The van der Waals surface area contributed by atoms with Gasteiger partial charge in [-0.15, -0.1) is 0 Å². The Balaban J connectivity index is 1.60. The summed E-state index contributed by atoms with van der Waals surface area (Å²) >= 11 is 0. The number of hydrogen-bond donors (Lipinski definition) is 1. The largest absolute Gasteiger partial charge is 0.497 e. The molecule has 0 aliphatic carbocycles. The van der Waals surface area contributed by atoms with E-state index in [0.29, 0.717) is 25.7 Å². The predicted molar refractivity (Wildman–Crippen MR) is 99.7 cm³/mol. The van der Waals surface area contributed by atoms with Crippen LogP contribution in [0.15, 0.2) is 30.6 Å². The van der Waals surface area contributed by atoms with E-state index in [1.165, 1.54) is 0 Å². The summed E-state index contributed by atoms with van der Waals surface area (Å²) in [6.45, 7) is 3.65. The minimum Gasteiger partial charge on any atom is -0.497 e. The highest BCUT2D eigenvalue weighted by molar-refractivity contribution is 5.85. The molecular formula is C18H22N6O2. The molecule has 3 heterocycles. The smallest absolute Gasteiger partial charge is 0.227 e. The van der Waals surface area contributed by atoms with Crippen molar-refractivity contribution in [3.8, 4) is 5.75 Å². The van der Waals surface area contributed by atoms with E-state index >= 15 is 0 Å². The molecular weight excluding hydrogens is 332 g/mol. The summed E-state index contributed by atoms with van der Waals surface area (Å²) in [6.07, 6.45) is 1.77. The molecule has 1 fully saturated rings. The minimum atomic E-state index is 0.596. The Hall–Kier alpha value is -2.87. The van der Waals surface area contributed by atoms with Crippen molar-refractivity contribution in [3.05, 3.63) is 36.2 Å². The molecule has 1 N–H and O–H groups in total. The van der Waals surface area contributed by atoms with Crippen molar-refractivity contribution in [1.29, 1.82) is 0 Å². The van der Waals surface area contributed by atoms with Gasteiger partial charge in [-0.3, -0.25) is 0 Å². The van der Waals surface area contributed by atoms with Gasteiger partial charge in [0.25, 0.3) is 0 Å². The summed E-state index contributed by atoms with van der Waals surface area (Å²) in [5, 5.41) is 3.33. The summed E-state index contributed by atoms with van der Waals surface area (Å²) in [4.78, 5) is 16.1. The number of morpholine rings is 1. The number of nitrogens with zero attached hydrogens (tertiary/aromatic N) is 5. The van der Waals surface area contributed by atoms with Gasteiger partial charge in [0.15, 0.2) is 17.0 Å². The highest BCUT2D eigenvalue weighted by Gasteiger charge is 2.19. The molecule has 26 heavy (non-hydrogen) atoms. The summed E-state index contributed by atoms with van der Waals surface area (Å²) < 4.78 is 12.6. The van der Waals surface area contributed by atoms with Gasteiger partial charge in [-0.25, -0.2) is 4.98 Å². The van der Waals surface area contributed by atoms with Crippen LogP contribution in [-0.2, 0) is 18.3 Å². The maximum atomic E-state index is 5.46. The molecule has 0 atom stereocenters. The molecule has 1 aliphatic heterocycles. The van der Waals surface area contributed by atoms with Gasteiger partial charge in [0.2, 0.25) is 5.95 Å². The van der Waals surface area contributed by atoms with E-state index in [-0.39, 0.29) is 0 Å². The van der Waals surface area contributed by atoms with Crippen LogP contribution in [0.3, 0.4) is 0 Å². The fourth-order valence-corrected chi connectivity index (χ4v) is 2.99. The SMILES string of the molecule is COc1ccc(CNc2nc(N3CCOCC3)c3ncn(C)c3n2)cc1. The third-order valence-electron chi connectivity index (χ3n) is 4.46. The normalized spacial score (nSPS) is 14.6. The summed E-state index contributed by atoms with van der Waals surface area (Å²) in [5.74, 6) is 2.30. The Morgan fingerprint density at radius 2 is 1.92 bits per heavy atom. The minimum absolute atomic E-state index is 0.596. The van der Waals surface area contributed by atoms with Crippen molar-refractivity contribution in [2.75, 3.05) is 43.6 Å². The molecule has 0 spiro atoms. The number of imidazole rings is 1. The third-order valence-corrected chi connectivity index (χ3v) is 4.46. The van der Waals surface area contributed by atoms with Crippen molar-refractivity contribution >= 4 is 22.9 Å². The Labute approximate surface area is 151 Å². The number of anilines is 2. The van der Waals surface area contributed by atoms with Gasteiger partial charge in [0, 0.05) is 26.7 Å². The number of aromatic nitrogens is 4. The van der Waals surface area contributed by atoms with Crippen LogP contribution in [0.1, 0.15) is 5.56 Å². The monoisotopic (exact) mass is 354 g/mol. The van der Waals surface area contributed by atoms with Crippen LogP contribution in [0.5, 0.6) is 5.75 Å². The summed E-state index contributed by atoms with van der Waals surface area (Å²) in [6, 6.07) is 7.94. The second-order valence-electron chi connectivity index (χ2n) is 6.20. The van der Waals surface area contributed by atoms with E-state index in [1.807, 2.05) is 35.9 Å². The van der Waals surface area contributed by atoms with Gasteiger partial charge in [0.1, 0.15) is 5.75 Å². The average molecular weight is 354 g/mol. The number of ether oxygens (including phenoxy) is 2. The van der Waals surface area contributed by atoms with Crippen molar-refractivity contribution in [2.24, 2.45) is 7.05 Å². The van der Waals surface area contributed by atoms with Crippen LogP contribution in [0.2, 0.25) is 0 Å².